The predicted molar refractivity (Wildman–Crippen MR) is 57.0 cm³/mol. The van der Waals surface area contributed by atoms with Gasteiger partial charge < -0.3 is 4.90 Å². The molecule has 3 atom stereocenters. The molecule has 0 aromatic heterocycles. The maximum atomic E-state index is 12.3. The van der Waals surface area contributed by atoms with Gasteiger partial charge in [-0.2, -0.15) is 0 Å². The van der Waals surface area contributed by atoms with Crippen LogP contribution in [0.3, 0.4) is 0 Å². The lowest BCUT2D eigenvalue weighted by molar-refractivity contribution is -0.149. The molecular formula is C12H21NO. The van der Waals surface area contributed by atoms with Gasteiger partial charge in [-0.25, -0.2) is 0 Å². The minimum atomic E-state index is -0.0604. The third kappa shape index (κ3) is 1.27. The zero-order valence-corrected chi connectivity index (χ0v) is 9.55. The fourth-order valence-electron chi connectivity index (χ4n) is 2.95. The van der Waals surface area contributed by atoms with E-state index in [1.807, 2.05) is 0 Å². The van der Waals surface area contributed by atoms with Crippen molar-refractivity contribution in [3.8, 4) is 0 Å². The van der Waals surface area contributed by atoms with Crippen LogP contribution in [0.5, 0.6) is 0 Å². The van der Waals surface area contributed by atoms with Crippen LogP contribution in [0.4, 0.5) is 0 Å². The van der Waals surface area contributed by atoms with E-state index in [2.05, 4.69) is 25.7 Å². The Labute approximate surface area is 86.7 Å². The molecule has 2 heterocycles. The lowest BCUT2D eigenvalue weighted by Gasteiger charge is -2.42. The minimum Gasteiger partial charge on any atom is -0.337 e. The molecule has 0 radical (unpaired) electrons. The highest BCUT2D eigenvalue weighted by Gasteiger charge is 2.46. The molecule has 2 saturated heterocycles. The van der Waals surface area contributed by atoms with Crippen LogP contribution >= 0.6 is 0 Å². The van der Waals surface area contributed by atoms with Gasteiger partial charge in [0.2, 0.25) is 5.91 Å². The molecule has 0 saturated carbocycles. The largest absolute Gasteiger partial charge is 0.337 e. The summed E-state index contributed by atoms with van der Waals surface area (Å²) in [6.45, 7) is 6.47. The standard InChI is InChI=1S/C12H21NO/c1-4-12(3)8-7-10-6-5-9(2)13(10)11(12)14/h9-10H,4-8H2,1-3H3/t9-,10-,12+/m1/s1. The van der Waals surface area contributed by atoms with E-state index in [4.69, 9.17) is 0 Å². The first-order chi connectivity index (χ1) is 6.58. The zero-order valence-electron chi connectivity index (χ0n) is 9.55. The number of carbonyl (C=O) groups is 1. The average Bonchev–Trinajstić information content (AvgIpc) is 2.55. The Kier molecular flexibility index (Phi) is 2.32. The quantitative estimate of drug-likeness (QED) is 0.629. The third-order valence-corrected chi connectivity index (χ3v) is 4.35. The molecule has 2 aliphatic rings. The maximum Gasteiger partial charge on any atom is 0.228 e. The van der Waals surface area contributed by atoms with Gasteiger partial charge in [-0.15, -0.1) is 0 Å². The molecule has 2 heteroatoms. The number of hydrogen-bond donors (Lipinski definition) is 0. The molecule has 14 heavy (non-hydrogen) atoms. The molecule has 80 valence electrons. The molecule has 2 nitrogen and oxygen atoms in total. The van der Waals surface area contributed by atoms with Gasteiger partial charge >= 0.3 is 0 Å². The van der Waals surface area contributed by atoms with E-state index >= 15 is 0 Å². The van der Waals surface area contributed by atoms with Gasteiger partial charge in [-0.1, -0.05) is 13.8 Å². The number of fused-ring (bicyclic) bond motifs is 1. The second-order valence-electron chi connectivity index (χ2n) is 5.25. The molecule has 2 rings (SSSR count). The van der Waals surface area contributed by atoms with Crippen molar-refractivity contribution in [3.63, 3.8) is 0 Å². The molecule has 2 fully saturated rings. The highest BCUT2D eigenvalue weighted by atomic mass is 16.2. The van der Waals surface area contributed by atoms with Crippen LogP contribution in [0.2, 0.25) is 0 Å². The smallest absolute Gasteiger partial charge is 0.228 e. The van der Waals surface area contributed by atoms with Crippen LogP contribution < -0.4 is 0 Å². The van der Waals surface area contributed by atoms with Gasteiger partial charge in [0.1, 0.15) is 0 Å². The molecule has 0 N–H and O–H groups in total. The summed E-state index contributed by atoms with van der Waals surface area (Å²) < 4.78 is 0. The van der Waals surface area contributed by atoms with Crippen LogP contribution in [-0.2, 0) is 4.79 Å². The molecule has 0 aromatic carbocycles. The van der Waals surface area contributed by atoms with E-state index in [9.17, 15) is 4.79 Å². The highest BCUT2D eigenvalue weighted by molar-refractivity contribution is 5.84. The highest BCUT2D eigenvalue weighted by Crippen LogP contribution is 2.42. The van der Waals surface area contributed by atoms with E-state index in [1.54, 1.807) is 0 Å². The minimum absolute atomic E-state index is 0.0604. The van der Waals surface area contributed by atoms with E-state index in [0.717, 1.165) is 12.8 Å². The van der Waals surface area contributed by atoms with E-state index in [1.165, 1.54) is 19.3 Å². The van der Waals surface area contributed by atoms with Gasteiger partial charge in [0.05, 0.1) is 0 Å². The van der Waals surface area contributed by atoms with E-state index in [0.29, 0.717) is 18.0 Å². The van der Waals surface area contributed by atoms with Crippen molar-refractivity contribution < 1.29 is 4.79 Å². The molecule has 0 aliphatic carbocycles. The Morgan fingerprint density at radius 1 is 1.43 bits per heavy atom. The molecule has 2 aliphatic heterocycles. The summed E-state index contributed by atoms with van der Waals surface area (Å²) in [5, 5.41) is 0. The van der Waals surface area contributed by atoms with Crippen molar-refractivity contribution in [3.05, 3.63) is 0 Å². The Balaban J connectivity index is 2.22. The molecule has 0 unspecified atom stereocenters. The Hall–Kier alpha value is -0.530. The van der Waals surface area contributed by atoms with Crippen molar-refractivity contribution >= 4 is 5.91 Å². The second-order valence-corrected chi connectivity index (χ2v) is 5.25. The molecule has 0 spiro atoms. The van der Waals surface area contributed by atoms with E-state index in [-0.39, 0.29) is 5.41 Å². The Morgan fingerprint density at radius 3 is 2.79 bits per heavy atom. The summed E-state index contributed by atoms with van der Waals surface area (Å²) in [6.07, 6.45) is 5.74. The van der Waals surface area contributed by atoms with Crippen LogP contribution in [0, 0.1) is 5.41 Å². The lowest BCUT2D eigenvalue weighted by atomic mass is 9.77. The van der Waals surface area contributed by atoms with Crippen molar-refractivity contribution in [1.82, 2.24) is 4.90 Å². The summed E-state index contributed by atoms with van der Waals surface area (Å²) >= 11 is 0. The topological polar surface area (TPSA) is 20.3 Å². The molecular weight excluding hydrogens is 174 g/mol. The van der Waals surface area contributed by atoms with Gasteiger partial charge in [-0.3, -0.25) is 4.79 Å². The lowest BCUT2D eigenvalue weighted by Crippen LogP contribution is -2.51. The molecule has 0 aromatic rings. The number of piperidine rings is 1. The maximum absolute atomic E-state index is 12.3. The summed E-state index contributed by atoms with van der Waals surface area (Å²) in [5.74, 6) is 0.418. The van der Waals surface area contributed by atoms with Gasteiger partial charge in [-0.05, 0) is 39.0 Å². The van der Waals surface area contributed by atoms with Gasteiger partial charge in [0, 0.05) is 17.5 Å². The first-order valence-electron chi connectivity index (χ1n) is 5.91. The summed E-state index contributed by atoms with van der Waals surface area (Å²) in [6, 6.07) is 1.05. The number of carbonyl (C=O) groups excluding carboxylic acids is 1. The van der Waals surface area contributed by atoms with Crippen molar-refractivity contribution in [2.75, 3.05) is 0 Å². The van der Waals surface area contributed by atoms with Gasteiger partial charge in [0.15, 0.2) is 0 Å². The molecule has 0 bridgehead atoms. The number of rotatable bonds is 1. The number of hydrogen-bond acceptors (Lipinski definition) is 1. The normalized spacial score (nSPS) is 42.8. The van der Waals surface area contributed by atoms with Crippen LogP contribution in [0.15, 0.2) is 0 Å². The monoisotopic (exact) mass is 195 g/mol. The van der Waals surface area contributed by atoms with Crippen molar-refractivity contribution in [2.24, 2.45) is 5.41 Å². The van der Waals surface area contributed by atoms with Crippen LogP contribution in [-0.4, -0.2) is 22.9 Å². The predicted octanol–water partition coefficient (Wildman–Crippen LogP) is 2.58. The fourth-order valence-corrected chi connectivity index (χ4v) is 2.95. The Morgan fingerprint density at radius 2 is 2.14 bits per heavy atom. The SMILES string of the molecule is CC[C@@]1(C)CC[C@H]2CC[C@@H](C)N2C1=O. The van der Waals surface area contributed by atoms with Crippen LogP contribution in [0.25, 0.3) is 0 Å². The molecule has 1 amide bonds. The zero-order chi connectivity index (χ0) is 10.3. The first-order valence-corrected chi connectivity index (χ1v) is 5.91. The Bertz CT molecular complexity index is 251. The summed E-state index contributed by atoms with van der Waals surface area (Å²) in [7, 11) is 0. The van der Waals surface area contributed by atoms with Crippen molar-refractivity contribution in [2.45, 2.75) is 65.0 Å². The first kappa shape index (κ1) is 10.0. The summed E-state index contributed by atoms with van der Waals surface area (Å²) in [4.78, 5) is 14.5. The third-order valence-electron chi connectivity index (χ3n) is 4.35. The summed E-state index contributed by atoms with van der Waals surface area (Å²) in [5.41, 5.74) is -0.0604. The number of amides is 1. The second kappa shape index (κ2) is 3.25. The van der Waals surface area contributed by atoms with E-state index < -0.39 is 0 Å². The fraction of sp³-hybridized carbons (Fsp3) is 0.917. The van der Waals surface area contributed by atoms with Crippen LogP contribution in [0.1, 0.15) is 52.9 Å². The van der Waals surface area contributed by atoms with Crippen molar-refractivity contribution in [1.29, 1.82) is 0 Å². The van der Waals surface area contributed by atoms with Gasteiger partial charge in [0.25, 0.3) is 0 Å². The average molecular weight is 195 g/mol. The number of nitrogens with zero attached hydrogens (tertiary/aromatic N) is 1.